The number of ketones is 1. The first-order chi connectivity index (χ1) is 10.4. The largest absolute Gasteiger partial charge is 0.290 e. The topological polar surface area (TPSA) is 17.1 Å². The molecule has 0 saturated heterocycles. The van der Waals surface area contributed by atoms with E-state index in [1.54, 1.807) is 3.58 Å². The molecule has 4 aliphatic carbocycles. The smallest absolute Gasteiger partial charge is 0.178 e. The number of carbonyl (C=O) groups excluding carboxylic acids is 1. The van der Waals surface area contributed by atoms with Crippen molar-refractivity contribution in [3.05, 3.63) is 33.5 Å². The van der Waals surface area contributed by atoms with Crippen LogP contribution in [0.15, 0.2) is 33.5 Å². The highest BCUT2D eigenvalue weighted by molar-refractivity contribution is 14.1. The maximum absolute atomic E-state index is 11.9. The summed E-state index contributed by atoms with van der Waals surface area (Å²) >= 11 is 2.59. The van der Waals surface area contributed by atoms with Crippen LogP contribution in [-0.2, 0) is 4.79 Å². The van der Waals surface area contributed by atoms with Crippen LogP contribution in [0.3, 0.4) is 0 Å². The maximum atomic E-state index is 11.9. The monoisotopic (exact) mass is 408 g/mol. The van der Waals surface area contributed by atoms with Crippen LogP contribution < -0.4 is 0 Å². The van der Waals surface area contributed by atoms with Crippen molar-refractivity contribution in [2.45, 2.75) is 46.5 Å². The van der Waals surface area contributed by atoms with Crippen molar-refractivity contribution in [2.24, 2.45) is 34.5 Å². The molecule has 22 heavy (non-hydrogen) atoms. The number of fused-ring (bicyclic) bond motifs is 5. The quantitative estimate of drug-likeness (QED) is 0.486. The summed E-state index contributed by atoms with van der Waals surface area (Å²) in [5.74, 6) is 3.06. The average Bonchev–Trinajstić information content (AvgIpc) is 2.77. The van der Waals surface area contributed by atoms with E-state index in [-0.39, 0.29) is 11.2 Å². The molecular formula is C20H25IO. The van der Waals surface area contributed by atoms with Crippen LogP contribution in [0, 0.1) is 34.5 Å². The Morgan fingerprint density at radius 2 is 2.05 bits per heavy atom. The number of carbonyl (C=O) groups is 1. The van der Waals surface area contributed by atoms with E-state index >= 15 is 0 Å². The predicted molar refractivity (Wildman–Crippen MR) is 98.6 cm³/mol. The van der Waals surface area contributed by atoms with Crippen LogP contribution in [0.2, 0.25) is 0 Å². The van der Waals surface area contributed by atoms with Gasteiger partial charge in [-0.15, -0.1) is 0 Å². The molecule has 0 aromatic carbocycles. The molecule has 1 unspecified atom stereocenters. The highest BCUT2D eigenvalue weighted by atomic mass is 127. The summed E-state index contributed by atoms with van der Waals surface area (Å²) in [5.41, 5.74) is 1.95. The van der Waals surface area contributed by atoms with Gasteiger partial charge in [0.15, 0.2) is 5.78 Å². The zero-order valence-corrected chi connectivity index (χ0v) is 15.9. The lowest BCUT2D eigenvalue weighted by atomic mass is 9.47. The normalized spacial score (nSPS) is 49.9. The highest BCUT2D eigenvalue weighted by Crippen LogP contribution is 2.66. The number of halogens is 1. The van der Waals surface area contributed by atoms with Gasteiger partial charge in [-0.3, -0.25) is 4.79 Å². The van der Waals surface area contributed by atoms with E-state index in [0.29, 0.717) is 17.3 Å². The summed E-state index contributed by atoms with van der Waals surface area (Å²) in [6.45, 7) is 7.23. The molecule has 2 saturated carbocycles. The van der Waals surface area contributed by atoms with Gasteiger partial charge in [0.25, 0.3) is 0 Å². The lowest BCUT2D eigenvalue weighted by molar-refractivity contribution is -0.111. The molecule has 4 rings (SSSR count). The van der Waals surface area contributed by atoms with Crippen molar-refractivity contribution in [3.63, 3.8) is 0 Å². The van der Waals surface area contributed by atoms with Gasteiger partial charge in [0.2, 0.25) is 0 Å². The number of hydrogen-bond donors (Lipinski definition) is 0. The van der Waals surface area contributed by atoms with Gasteiger partial charge in [-0.1, -0.05) is 38.5 Å². The molecule has 2 heteroatoms. The first-order valence-corrected chi connectivity index (χ1v) is 9.75. The van der Waals surface area contributed by atoms with E-state index in [0.717, 1.165) is 11.8 Å². The van der Waals surface area contributed by atoms with E-state index in [1.165, 1.54) is 31.3 Å². The summed E-state index contributed by atoms with van der Waals surface area (Å²) in [5, 5.41) is 0. The molecule has 0 amide bonds. The van der Waals surface area contributed by atoms with Crippen LogP contribution in [0.1, 0.15) is 46.5 Å². The summed E-state index contributed by atoms with van der Waals surface area (Å²) in [6.07, 6.45) is 13.7. The van der Waals surface area contributed by atoms with Gasteiger partial charge in [0.05, 0.1) is 0 Å². The SMILES string of the molecule is CC1C[C@@H]2[C@H](CC[C@]3(C)C(I)=CC[C@@H]23)[C@@]2(C)C=CC(=O)C=C12. The minimum Gasteiger partial charge on any atom is -0.290 e. The van der Waals surface area contributed by atoms with Gasteiger partial charge in [-0.05, 0) is 87.7 Å². The average molecular weight is 408 g/mol. The summed E-state index contributed by atoms with van der Waals surface area (Å²) in [6, 6.07) is 0. The van der Waals surface area contributed by atoms with Gasteiger partial charge in [-0.25, -0.2) is 0 Å². The van der Waals surface area contributed by atoms with E-state index in [1.807, 2.05) is 12.2 Å². The van der Waals surface area contributed by atoms with Crippen molar-refractivity contribution in [1.82, 2.24) is 0 Å². The van der Waals surface area contributed by atoms with Crippen LogP contribution in [0.25, 0.3) is 0 Å². The van der Waals surface area contributed by atoms with Crippen LogP contribution in [-0.4, -0.2) is 5.78 Å². The van der Waals surface area contributed by atoms with E-state index in [4.69, 9.17) is 0 Å². The Bertz CT molecular complexity index is 628. The Hall–Kier alpha value is -0.380. The third kappa shape index (κ3) is 1.85. The minimum absolute atomic E-state index is 0.117. The fourth-order valence-electron chi connectivity index (χ4n) is 6.13. The first-order valence-electron chi connectivity index (χ1n) is 8.67. The summed E-state index contributed by atoms with van der Waals surface area (Å²) < 4.78 is 1.60. The number of hydrogen-bond acceptors (Lipinski definition) is 1. The zero-order chi connectivity index (χ0) is 15.7. The van der Waals surface area contributed by atoms with E-state index in [9.17, 15) is 4.79 Å². The second-order valence-corrected chi connectivity index (χ2v) is 9.54. The molecule has 0 spiro atoms. The van der Waals surface area contributed by atoms with Gasteiger partial charge < -0.3 is 0 Å². The number of allylic oxidation sites excluding steroid dienone is 6. The minimum atomic E-state index is 0.117. The van der Waals surface area contributed by atoms with Crippen molar-refractivity contribution in [3.8, 4) is 0 Å². The molecule has 0 N–H and O–H groups in total. The Balaban J connectivity index is 1.75. The second-order valence-electron chi connectivity index (χ2n) is 8.38. The fraction of sp³-hybridized carbons (Fsp3) is 0.650. The Labute approximate surface area is 147 Å². The Morgan fingerprint density at radius 3 is 2.82 bits per heavy atom. The molecular weight excluding hydrogens is 383 g/mol. The molecule has 118 valence electrons. The summed E-state index contributed by atoms with van der Waals surface area (Å²) in [7, 11) is 0. The third-order valence-corrected chi connectivity index (χ3v) is 9.04. The van der Waals surface area contributed by atoms with Gasteiger partial charge in [0, 0.05) is 10.8 Å². The van der Waals surface area contributed by atoms with Crippen molar-refractivity contribution in [1.29, 1.82) is 0 Å². The lowest BCUT2D eigenvalue weighted by Crippen LogP contribution is -2.50. The van der Waals surface area contributed by atoms with Crippen molar-refractivity contribution in [2.75, 3.05) is 0 Å². The fourth-order valence-corrected chi connectivity index (χ4v) is 7.05. The first kappa shape index (κ1) is 15.2. The van der Waals surface area contributed by atoms with Crippen molar-refractivity contribution < 1.29 is 4.79 Å². The number of rotatable bonds is 0. The van der Waals surface area contributed by atoms with E-state index < -0.39 is 0 Å². The summed E-state index contributed by atoms with van der Waals surface area (Å²) in [4.78, 5) is 11.9. The molecule has 0 bridgehead atoms. The van der Waals surface area contributed by atoms with Gasteiger partial charge in [0.1, 0.15) is 0 Å². The standard InChI is InChI=1S/C20H25IO/c1-12-10-14-15-4-5-18(21)20(15,3)9-7-16(14)19(2)8-6-13(22)11-17(12)19/h5-6,8,11-12,14-16H,4,7,9-10H2,1-3H3/t12?,14-,15-,16-,19+,20-/m0/s1. The van der Waals surface area contributed by atoms with Crippen LogP contribution in [0.5, 0.6) is 0 Å². The van der Waals surface area contributed by atoms with Crippen LogP contribution >= 0.6 is 22.6 Å². The van der Waals surface area contributed by atoms with E-state index in [2.05, 4.69) is 55.5 Å². The molecule has 0 aromatic rings. The van der Waals surface area contributed by atoms with Crippen molar-refractivity contribution >= 4 is 28.4 Å². The van der Waals surface area contributed by atoms with Gasteiger partial charge >= 0.3 is 0 Å². The molecule has 0 aliphatic heterocycles. The molecule has 1 nitrogen and oxygen atoms in total. The zero-order valence-electron chi connectivity index (χ0n) is 13.7. The highest BCUT2D eigenvalue weighted by Gasteiger charge is 2.57. The molecule has 0 radical (unpaired) electrons. The maximum Gasteiger partial charge on any atom is 0.178 e. The molecule has 4 aliphatic rings. The molecule has 2 fully saturated rings. The Kier molecular flexibility index (Phi) is 3.32. The van der Waals surface area contributed by atoms with Crippen LogP contribution in [0.4, 0.5) is 0 Å². The van der Waals surface area contributed by atoms with Gasteiger partial charge in [-0.2, -0.15) is 0 Å². The molecule has 0 aromatic heterocycles. The Morgan fingerprint density at radius 1 is 1.27 bits per heavy atom. The second kappa shape index (κ2) is 4.81. The third-order valence-electron chi connectivity index (χ3n) is 7.36. The molecule has 0 heterocycles. The predicted octanol–water partition coefficient (Wildman–Crippen LogP) is 5.47. The lowest BCUT2D eigenvalue weighted by Gasteiger charge is -2.58. The molecule has 6 atom stereocenters.